The highest BCUT2D eigenvalue weighted by Gasteiger charge is 2.25. The van der Waals surface area contributed by atoms with Gasteiger partial charge in [0.2, 0.25) is 0 Å². The molecular weight excluding hydrogens is 375 g/mol. The van der Waals surface area contributed by atoms with Gasteiger partial charge in [-0.25, -0.2) is 4.68 Å². The number of amides is 1. The lowest BCUT2D eigenvalue weighted by molar-refractivity contribution is 0.0626. The molecule has 0 saturated carbocycles. The van der Waals surface area contributed by atoms with Crippen molar-refractivity contribution in [2.24, 2.45) is 5.92 Å². The van der Waals surface area contributed by atoms with Gasteiger partial charge in [-0.15, -0.1) is 29.9 Å². The molecule has 0 atom stereocenters. The number of carbonyl (C=O) groups is 1. The summed E-state index contributed by atoms with van der Waals surface area (Å²) in [6, 6.07) is 0.369. The summed E-state index contributed by atoms with van der Waals surface area (Å²) in [5.41, 5.74) is 0.490. The van der Waals surface area contributed by atoms with Crippen LogP contribution in [-0.4, -0.2) is 76.5 Å². The molecule has 0 unspecified atom stereocenters. The lowest BCUT2D eigenvalue weighted by atomic mass is 10.1. The van der Waals surface area contributed by atoms with Crippen LogP contribution >= 0.6 is 24.8 Å². The monoisotopic (exact) mass is 406 g/mol. The van der Waals surface area contributed by atoms with Gasteiger partial charge in [-0.1, -0.05) is 19.1 Å². The van der Waals surface area contributed by atoms with E-state index in [0.29, 0.717) is 11.7 Å². The molecule has 26 heavy (non-hydrogen) atoms. The van der Waals surface area contributed by atoms with Crippen molar-refractivity contribution in [3.05, 3.63) is 11.9 Å². The fraction of sp³-hybridized carbons (Fsp3) is 0.824. The first-order chi connectivity index (χ1) is 11.6. The van der Waals surface area contributed by atoms with Crippen LogP contribution in [0.3, 0.4) is 0 Å². The molecule has 1 amide bonds. The molecule has 0 aromatic carbocycles. The molecule has 0 spiro atoms. The maximum absolute atomic E-state index is 12.6. The number of hydrogen-bond donors (Lipinski definition) is 1. The molecule has 3 heterocycles. The van der Waals surface area contributed by atoms with E-state index in [-0.39, 0.29) is 30.7 Å². The van der Waals surface area contributed by atoms with Gasteiger partial charge in [-0.3, -0.25) is 9.69 Å². The van der Waals surface area contributed by atoms with E-state index in [1.807, 2.05) is 15.8 Å². The maximum Gasteiger partial charge on any atom is 0.276 e. The molecule has 9 heteroatoms. The van der Waals surface area contributed by atoms with Crippen LogP contribution in [0.5, 0.6) is 0 Å². The van der Waals surface area contributed by atoms with Crippen molar-refractivity contribution in [3.8, 4) is 0 Å². The maximum atomic E-state index is 12.6. The predicted octanol–water partition coefficient (Wildman–Crippen LogP) is 1.85. The minimum atomic E-state index is 0. The number of halogens is 2. The van der Waals surface area contributed by atoms with Gasteiger partial charge in [0.1, 0.15) is 0 Å². The SMILES string of the molecule is CC(C)CCN1CCN(C(=O)c2cn(C3CCNCC3)nn2)CC1.Cl.Cl. The minimum absolute atomic E-state index is 0. The van der Waals surface area contributed by atoms with Crippen LogP contribution < -0.4 is 5.32 Å². The van der Waals surface area contributed by atoms with Crippen molar-refractivity contribution < 1.29 is 4.79 Å². The number of hydrogen-bond acceptors (Lipinski definition) is 5. The van der Waals surface area contributed by atoms with Crippen LogP contribution in [-0.2, 0) is 0 Å². The third kappa shape index (κ3) is 6.08. The van der Waals surface area contributed by atoms with Crippen molar-refractivity contribution >= 4 is 30.7 Å². The quantitative estimate of drug-likeness (QED) is 0.807. The second-order valence-corrected chi connectivity index (χ2v) is 7.38. The zero-order chi connectivity index (χ0) is 16.9. The Kier molecular flexibility index (Phi) is 9.85. The van der Waals surface area contributed by atoms with E-state index in [4.69, 9.17) is 0 Å². The molecule has 1 aromatic heterocycles. The largest absolute Gasteiger partial charge is 0.335 e. The van der Waals surface area contributed by atoms with Crippen LogP contribution in [0, 0.1) is 5.92 Å². The Labute approximate surface area is 168 Å². The van der Waals surface area contributed by atoms with E-state index < -0.39 is 0 Å². The standard InChI is InChI=1S/C17H30N6O.2ClH/c1-14(2)5-8-21-9-11-22(12-10-21)17(24)16-13-23(20-19-16)15-3-6-18-7-4-15;;/h13-15,18H,3-12H2,1-2H3;2*1H. The smallest absolute Gasteiger partial charge is 0.276 e. The number of nitrogens with one attached hydrogen (secondary N) is 1. The van der Waals surface area contributed by atoms with E-state index in [1.165, 1.54) is 6.42 Å². The second kappa shape index (κ2) is 11.1. The van der Waals surface area contributed by atoms with Gasteiger partial charge in [-0.05, 0) is 44.8 Å². The van der Waals surface area contributed by atoms with E-state index in [0.717, 1.165) is 64.6 Å². The highest BCUT2D eigenvalue weighted by molar-refractivity contribution is 5.92. The van der Waals surface area contributed by atoms with Crippen molar-refractivity contribution in [3.63, 3.8) is 0 Å². The Bertz CT molecular complexity index is 539. The molecular formula is C17H32Cl2N6O. The van der Waals surface area contributed by atoms with Gasteiger partial charge in [0.25, 0.3) is 5.91 Å². The third-order valence-electron chi connectivity index (χ3n) is 5.09. The number of nitrogens with zero attached hydrogens (tertiary/aromatic N) is 5. The van der Waals surface area contributed by atoms with Crippen LogP contribution in [0.15, 0.2) is 6.20 Å². The Morgan fingerprint density at radius 1 is 1.19 bits per heavy atom. The van der Waals surface area contributed by atoms with Crippen molar-refractivity contribution in [2.45, 2.75) is 39.2 Å². The zero-order valence-corrected chi connectivity index (χ0v) is 17.4. The highest BCUT2D eigenvalue weighted by atomic mass is 35.5. The summed E-state index contributed by atoms with van der Waals surface area (Å²) in [6.45, 7) is 11.1. The first-order valence-electron chi connectivity index (χ1n) is 9.27. The van der Waals surface area contributed by atoms with E-state index in [1.54, 1.807) is 0 Å². The number of rotatable bonds is 5. The number of piperazine rings is 1. The van der Waals surface area contributed by atoms with E-state index in [2.05, 4.69) is 34.4 Å². The first kappa shape index (κ1) is 23.1. The molecule has 150 valence electrons. The normalized spacial score (nSPS) is 19.1. The molecule has 2 fully saturated rings. The Hall–Kier alpha value is -0.890. The molecule has 7 nitrogen and oxygen atoms in total. The van der Waals surface area contributed by atoms with Gasteiger partial charge in [0.05, 0.1) is 12.2 Å². The molecule has 1 aromatic rings. The summed E-state index contributed by atoms with van der Waals surface area (Å²) in [6.07, 6.45) is 5.15. The van der Waals surface area contributed by atoms with Crippen LogP contribution in [0.25, 0.3) is 0 Å². The summed E-state index contributed by atoms with van der Waals surface area (Å²) >= 11 is 0. The lowest BCUT2D eigenvalue weighted by Gasteiger charge is -2.34. The molecule has 0 radical (unpaired) electrons. The zero-order valence-electron chi connectivity index (χ0n) is 15.8. The Morgan fingerprint density at radius 3 is 2.46 bits per heavy atom. The minimum Gasteiger partial charge on any atom is -0.335 e. The second-order valence-electron chi connectivity index (χ2n) is 7.38. The lowest BCUT2D eigenvalue weighted by Crippen LogP contribution is -2.49. The summed E-state index contributed by atoms with van der Waals surface area (Å²) in [7, 11) is 0. The highest BCUT2D eigenvalue weighted by Crippen LogP contribution is 2.17. The summed E-state index contributed by atoms with van der Waals surface area (Å²) < 4.78 is 1.88. The molecule has 3 rings (SSSR count). The van der Waals surface area contributed by atoms with Crippen molar-refractivity contribution in [1.29, 1.82) is 0 Å². The van der Waals surface area contributed by atoms with Gasteiger partial charge in [0.15, 0.2) is 5.69 Å². The Balaban J connectivity index is 0.00000169. The average molecular weight is 407 g/mol. The molecule has 1 N–H and O–H groups in total. The van der Waals surface area contributed by atoms with Gasteiger partial charge < -0.3 is 10.2 Å². The summed E-state index contributed by atoms with van der Waals surface area (Å²) in [5, 5.41) is 11.7. The van der Waals surface area contributed by atoms with E-state index >= 15 is 0 Å². The number of piperidine rings is 1. The van der Waals surface area contributed by atoms with Gasteiger partial charge in [0, 0.05) is 26.2 Å². The first-order valence-corrected chi connectivity index (χ1v) is 9.27. The number of aromatic nitrogens is 3. The number of carbonyl (C=O) groups excluding carboxylic acids is 1. The summed E-state index contributed by atoms with van der Waals surface area (Å²) in [4.78, 5) is 17.0. The fourth-order valence-electron chi connectivity index (χ4n) is 3.40. The third-order valence-corrected chi connectivity index (χ3v) is 5.09. The molecule has 0 aliphatic carbocycles. The molecule has 2 aliphatic heterocycles. The van der Waals surface area contributed by atoms with Gasteiger partial charge in [-0.2, -0.15) is 0 Å². The van der Waals surface area contributed by atoms with Crippen molar-refractivity contribution in [1.82, 2.24) is 30.1 Å². The van der Waals surface area contributed by atoms with Crippen LogP contribution in [0.2, 0.25) is 0 Å². The van der Waals surface area contributed by atoms with Crippen LogP contribution in [0.4, 0.5) is 0 Å². The fourth-order valence-corrected chi connectivity index (χ4v) is 3.40. The predicted molar refractivity (Wildman–Crippen MR) is 107 cm³/mol. The topological polar surface area (TPSA) is 66.3 Å². The molecule has 2 aliphatic rings. The molecule has 0 bridgehead atoms. The Morgan fingerprint density at radius 2 is 1.85 bits per heavy atom. The molecule has 2 saturated heterocycles. The summed E-state index contributed by atoms with van der Waals surface area (Å²) in [5.74, 6) is 0.758. The van der Waals surface area contributed by atoms with Crippen molar-refractivity contribution in [2.75, 3.05) is 45.8 Å². The average Bonchev–Trinajstić information content (AvgIpc) is 3.10. The van der Waals surface area contributed by atoms with E-state index in [9.17, 15) is 4.79 Å². The van der Waals surface area contributed by atoms with Gasteiger partial charge >= 0.3 is 0 Å². The van der Waals surface area contributed by atoms with Crippen LogP contribution in [0.1, 0.15) is 49.6 Å².